The number of hydrogen-bond donors (Lipinski definition) is 3. The van der Waals surface area contributed by atoms with Gasteiger partial charge in [-0.25, -0.2) is 0 Å². The zero-order chi connectivity index (χ0) is 21.5. The Bertz CT molecular complexity index is 1140. The Balaban J connectivity index is 1.44. The number of nitrogens with zero attached hydrogens (tertiary/aromatic N) is 3. The number of aromatic hydroxyl groups is 2. The number of aromatic nitrogens is 2. The maximum Gasteiger partial charge on any atom is 0.262 e. The van der Waals surface area contributed by atoms with Crippen LogP contribution in [-0.2, 0) is 6.42 Å². The van der Waals surface area contributed by atoms with Crippen molar-refractivity contribution < 1.29 is 15.0 Å². The summed E-state index contributed by atoms with van der Waals surface area (Å²) in [5, 5.41) is 31.7. The lowest BCUT2D eigenvalue weighted by molar-refractivity contribution is 0.0972. The summed E-state index contributed by atoms with van der Waals surface area (Å²) in [5.41, 5.74) is 3.81. The number of aryl methyl sites for hydroxylation is 1. The van der Waals surface area contributed by atoms with Gasteiger partial charge in [0.05, 0.1) is 11.3 Å². The molecule has 158 valence electrons. The van der Waals surface area contributed by atoms with E-state index in [0.717, 1.165) is 41.2 Å². The van der Waals surface area contributed by atoms with Crippen LogP contribution in [0.15, 0.2) is 48.5 Å². The van der Waals surface area contributed by atoms with Crippen LogP contribution in [0.5, 0.6) is 11.5 Å². The van der Waals surface area contributed by atoms with E-state index in [1.165, 1.54) is 31.0 Å². The number of fused-ring (bicyclic) bond motifs is 1. The quantitative estimate of drug-likeness (QED) is 0.592. The molecule has 5 rings (SSSR count). The number of phenols is 2. The van der Waals surface area contributed by atoms with Crippen LogP contribution in [0.1, 0.15) is 42.1 Å². The zero-order valence-corrected chi connectivity index (χ0v) is 17.2. The Morgan fingerprint density at radius 1 is 1.03 bits per heavy atom. The normalized spacial score (nSPS) is 17.8. The molecule has 0 unspecified atom stereocenters. The standard InChI is InChI=1S/C24H24N4O3/c1-14-2-3-16-12-15(20-9-11-23(27-26-20)25-17-5-6-17)4-10-21(16)28(14)24(31)19-8-7-18(29)13-22(19)30/h4,7-14,17,29-30H,2-3,5-6H2,1H3,(H,25,27)/t14-/m0/s1. The van der Waals surface area contributed by atoms with E-state index in [1.807, 2.05) is 31.2 Å². The molecule has 3 N–H and O–H groups in total. The second kappa shape index (κ2) is 7.58. The van der Waals surface area contributed by atoms with E-state index in [-0.39, 0.29) is 29.0 Å². The Kier molecular flexibility index (Phi) is 4.73. The number of carbonyl (C=O) groups excluding carboxylic acids is 1. The van der Waals surface area contributed by atoms with Gasteiger partial charge in [0, 0.05) is 29.4 Å². The molecule has 2 aromatic carbocycles. The van der Waals surface area contributed by atoms with Crippen molar-refractivity contribution in [3.05, 3.63) is 59.7 Å². The lowest BCUT2D eigenvalue weighted by atomic mass is 9.93. The molecule has 2 heterocycles. The molecule has 1 aliphatic carbocycles. The molecule has 0 saturated heterocycles. The molecule has 1 saturated carbocycles. The summed E-state index contributed by atoms with van der Waals surface area (Å²) in [6, 6.07) is 14.4. The van der Waals surface area contributed by atoms with Crippen LogP contribution in [0.25, 0.3) is 11.3 Å². The van der Waals surface area contributed by atoms with Gasteiger partial charge in [0.25, 0.3) is 5.91 Å². The fourth-order valence-electron chi connectivity index (χ4n) is 4.05. The van der Waals surface area contributed by atoms with Crippen LogP contribution in [0.2, 0.25) is 0 Å². The molecule has 1 atom stereocenters. The Morgan fingerprint density at radius 2 is 1.87 bits per heavy atom. The number of amides is 1. The van der Waals surface area contributed by atoms with Gasteiger partial charge in [0.15, 0.2) is 0 Å². The number of rotatable bonds is 4. The lowest BCUT2D eigenvalue weighted by Gasteiger charge is -2.35. The predicted octanol–water partition coefficient (Wildman–Crippen LogP) is 4.11. The van der Waals surface area contributed by atoms with Gasteiger partial charge in [0.1, 0.15) is 17.3 Å². The molecule has 31 heavy (non-hydrogen) atoms. The van der Waals surface area contributed by atoms with Gasteiger partial charge in [0.2, 0.25) is 0 Å². The van der Waals surface area contributed by atoms with Gasteiger partial charge in [-0.1, -0.05) is 6.07 Å². The van der Waals surface area contributed by atoms with E-state index in [4.69, 9.17) is 0 Å². The minimum atomic E-state index is -0.283. The second-order valence-electron chi connectivity index (χ2n) is 8.33. The summed E-state index contributed by atoms with van der Waals surface area (Å²) in [5.74, 6) is 0.207. The maximum atomic E-state index is 13.2. The van der Waals surface area contributed by atoms with Gasteiger partial charge >= 0.3 is 0 Å². The summed E-state index contributed by atoms with van der Waals surface area (Å²) >= 11 is 0. The summed E-state index contributed by atoms with van der Waals surface area (Å²) < 4.78 is 0. The first-order valence-electron chi connectivity index (χ1n) is 10.6. The van der Waals surface area contributed by atoms with Crippen LogP contribution in [0.4, 0.5) is 11.5 Å². The fourth-order valence-corrected chi connectivity index (χ4v) is 4.05. The summed E-state index contributed by atoms with van der Waals surface area (Å²) in [7, 11) is 0. The molecular formula is C24H24N4O3. The smallest absolute Gasteiger partial charge is 0.262 e. The number of carbonyl (C=O) groups is 1. The minimum Gasteiger partial charge on any atom is -0.508 e. The molecule has 0 spiro atoms. The van der Waals surface area contributed by atoms with Gasteiger partial charge in [-0.3, -0.25) is 4.79 Å². The molecular weight excluding hydrogens is 392 g/mol. The summed E-state index contributed by atoms with van der Waals surface area (Å²) in [6.45, 7) is 2.00. The minimum absolute atomic E-state index is 0.00775. The van der Waals surface area contributed by atoms with Gasteiger partial charge in [-0.2, -0.15) is 0 Å². The molecule has 1 aromatic heterocycles. The monoisotopic (exact) mass is 416 g/mol. The molecule has 0 radical (unpaired) electrons. The number of benzene rings is 2. The number of hydrogen-bond acceptors (Lipinski definition) is 6. The average Bonchev–Trinajstić information content (AvgIpc) is 3.57. The first-order valence-corrected chi connectivity index (χ1v) is 10.6. The summed E-state index contributed by atoms with van der Waals surface area (Å²) in [4.78, 5) is 15.0. The first-order chi connectivity index (χ1) is 15.0. The highest BCUT2D eigenvalue weighted by Crippen LogP contribution is 2.36. The molecule has 7 nitrogen and oxygen atoms in total. The number of anilines is 2. The average molecular weight is 416 g/mol. The summed E-state index contributed by atoms with van der Waals surface area (Å²) in [6.07, 6.45) is 4.04. The number of phenolic OH excluding ortho intramolecular Hbond substituents is 2. The third-order valence-electron chi connectivity index (χ3n) is 5.93. The topological polar surface area (TPSA) is 98.6 Å². The van der Waals surface area contributed by atoms with Gasteiger partial charge in [-0.05, 0) is 74.6 Å². The zero-order valence-electron chi connectivity index (χ0n) is 17.2. The SMILES string of the molecule is C[C@H]1CCc2cc(-c3ccc(NC4CC4)nn3)ccc2N1C(=O)c1ccc(O)cc1O. The molecule has 2 aliphatic rings. The maximum absolute atomic E-state index is 13.2. The van der Waals surface area contributed by atoms with E-state index in [0.29, 0.717) is 6.04 Å². The largest absolute Gasteiger partial charge is 0.508 e. The Labute approximate surface area is 180 Å². The number of nitrogens with one attached hydrogen (secondary N) is 1. The van der Waals surface area contributed by atoms with Crippen molar-refractivity contribution in [2.75, 3.05) is 10.2 Å². The van der Waals surface area contributed by atoms with Crippen molar-refractivity contribution in [1.82, 2.24) is 10.2 Å². The van der Waals surface area contributed by atoms with Crippen molar-refractivity contribution in [2.24, 2.45) is 0 Å². The van der Waals surface area contributed by atoms with Crippen LogP contribution in [0.3, 0.4) is 0 Å². The van der Waals surface area contributed by atoms with E-state index in [1.54, 1.807) is 4.90 Å². The molecule has 0 bridgehead atoms. The van der Waals surface area contributed by atoms with Crippen molar-refractivity contribution in [3.63, 3.8) is 0 Å². The predicted molar refractivity (Wildman–Crippen MR) is 118 cm³/mol. The Morgan fingerprint density at radius 3 is 2.58 bits per heavy atom. The first kappa shape index (κ1) is 19.4. The van der Waals surface area contributed by atoms with Crippen molar-refractivity contribution in [2.45, 2.75) is 44.7 Å². The van der Waals surface area contributed by atoms with Crippen LogP contribution < -0.4 is 10.2 Å². The molecule has 3 aromatic rings. The molecule has 1 fully saturated rings. The second-order valence-corrected chi connectivity index (χ2v) is 8.33. The van der Waals surface area contributed by atoms with Crippen molar-refractivity contribution in [1.29, 1.82) is 0 Å². The van der Waals surface area contributed by atoms with E-state index in [2.05, 4.69) is 21.6 Å². The molecule has 1 amide bonds. The third-order valence-corrected chi connectivity index (χ3v) is 5.93. The highest BCUT2D eigenvalue weighted by atomic mass is 16.3. The third kappa shape index (κ3) is 3.79. The molecule has 1 aliphatic heterocycles. The van der Waals surface area contributed by atoms with Crippen LogP contribution >= 0.6 is 0 Å². The van der Waals surface area contributed by atoms with E-state index < -0.39 is 0 Å². The van der Waals surface area contributed by atoms with Gasteiger partial charge in [-0.15, -0.1) is 10.2 Å². The van der Waals surface area contributed by atoms with Crippen LogP contribution in [-0.4, -0.2) is 38.4 Å². The van der Waals surface area contributed by atoms with Crippen molar-refractivity contribution in [3.8, 4) is 22.8 Å². The van der Waals surface area contributed by atoms with Crippen LogP contribution in [0, 0.1) is 0 Å². The van der Waals surface area contributed by atoms with E-state index in [9.17, 15) is 15.0 Å². The van der Waals surface area contributed by atoms with E-state index >= 15 is 0 Å². The van der Waals surface area contributed by atoms with Crippen molar-refractivity contribution >= 4 is 17.4 Å². The fraction of sp³-hybridized carbons (Fsp3) is 0.292. The Hall–Kier alpha value is -3.61. The molecule has 7 heteroatoms. The lowest BCUT2D eigenvalue weighted by Crippen LogP contribution is -2.42. The highest BCUT2D eigenvalue weighted by molar-refractivity contribution is 6.09. The highest BCUT2D eigenvalue weighted by Gasteiger charge is 2.30. The van der Waals surface area contributed by atoms with Gasteiger partial charge < -0.3 is 20.4 Å².